The monoisotopic (exact) mass is 346 g/mol. The molecule has 112 valence electrons. The fraction of sp³-hybridized carbons (Fsp3) is 0.389. The number of hydrogen-bond donors (Lipinski definition) is 1. The zero-order valence-corrected chi connectivity index (χ0v) is 14.1. The molecule has 0 aliphatic rings. The molecule has 1 aromatic heterocycles. The summed E-state index contributed by atoms with van der Waals surface area (Å²) in [6.07, 6.45) is 5.16. The van der Waals surface area contributed by atoms with Crippen LogP contribution in [0.4, 0.5) is 0 Å². The van der Waals surface area contributed by atoms with Gasteiger partial charge in [0.2, 0.25) is 0 Å². The third kappa shape index (κ3) is 5.98. The van der Waals surface area contributed by atoms with Gasteiger partial charge >= 0.3 is 0 Å². The highest BCUT2D eigenvalue weighted by molar-refractivity contribution is 9.10. The fourth-order valence-corrected chi connectivity index (χ4v) is 2.70. The lowest BCUT2D eigenvalue weighted by molar-refractivity contribution is 0.466. The van der Waals surface area contributed by atoms with Crippen molar-refractivity contribution in [1.82, 2.24) is 10.3 Å². The van der Waals surface area contributed by atoms with E-state index in [2.05, 4.69) is 75.6 Å². The van der Waals surface area contributed by atoms with Crippen molar-refractivity contribution < 1.29 is 0 Å². The Morgan fingerprint density at radius 2 is 1.90 bits per heavy atom. The van der Waals surface area contributed by atoms with Crippen LogP contribution < -0.4 is 5.32 Å². The van der Waals surface area contributed by atoms with Crippen molar-refractivity contribution in [3.05, 3.63) is 64.4 Å². The van der Waals surface area contributed by atoms with E-state index in [1.807, 2.05) is 6.20 Å². The lowest BCUT2D eigenvalue weighted by Gasteiger charge is -2.17. The van der Waals surface area contributed by atoms with E-state index in [9.17, 15) is 0 Å². The number of aromatic nitrogens is 1. The predicted molar refractivity (Wildman–Crippen MR) is 92.4 cm³/mol. The first kappa shape index (κ1) is 16.2. The number of nitrogens with one attached hydrogen (secondary N) is 1. The number of nitrogens with zero attached hydrogens (tertiary/aromatic N) is 1. The zero-order valence-electron chi connectivity index (χ0n) is 12.6. The van der Waals surface area contributed by atoms with Crippen LogP contribution in [0.1, 0.15) is 24.6 Å². The minimum absolute atomic E-state index is 0.577. The zero-order chi connectivity index (χ0) is 14.9. The van der Waals surface area contributed by atoms with Gasteiger partial charge in [-0.15, -0.1) is 0 Å². The number of rotatable bonds is 8. The molecule has 0 fully saturated rings. The van der Waals surface area contributed by atoms with Gasteiger partial charge in [-0.1, -0.05) is 37.3 Å². The van der Waals surface area contributed by atoms with Crippen molar-refractivity contribution in [2.24, 2.45) is 5.92 Å². The van der Waals surface area contributed by atoms with Crippen molar-refractivity contribution in [3.63, 3.8) is 0 Å². The highest BCUT2D eigenvalue weighted by Crippen LogP contribution is 2.15. The van der Waals surface area contributed by atoms with Gasteiger partial charge in [0.05, 0.1) is 0 Å². The second kappa shape index (κ2) is 8.96. The van der Waals surface area contributed by atoms with Crippen molar-refractivity contribution in [3.8, 4) is 0 Å². The Morgan fingerprint density at radius 1 is 1.10 bits per heavy atom. The molecule has 2 nitrogen and oxygen atoms in total. The molecule has 1 aromatic carbocycles. The molecule has 0 bridgehead atoms. The van der Waals surface area contributed by atoms with Crippen LogP contribution in [0.2, 0.25) is 0 Å². The predicted octanol–water partition coefficient (Wildman–Crippen LogP) is 4.25. The number of benzene rings is 1. The van der Waals surface area contributed by atoms with E-state index >= 15 is 0 Å². The lowest BCUT2D eigenvalue weighted by Crippen LogP contribution is -2.26. The minimum atomic E-state index is 0.577. The first-order valence-corrected chi connectivity index (χ1v) is 8.42. The van der Waals surface area contributed by atoms with Gasteiger partial charge in [0.15, 0.2) is 0 Å². The molecule has 0 radical (unpaired) electrons. The van der Waals surface area contributed by atoms with Crippen LogP contribution >= 0.6 is 15.9 Å². The van der Waals surface area contributed by atoms with E-state index in [-0.39, 0.29) is 0 Å². The Hall–Kier alpha value is -1.19. The summed E-state index contributed by atoms with van der Waals surface area (Å²) in [5.74, 6) is 0.577. The van der Waals surface area contributed by atoms with Gasteiger partial charge in [0.25, 0.3) is 0 Å². The molecule has 0 spiro atoms. The molecule has 0 saturated carbocycles. The van der Waals surface area contributed by atoms with E-state index in [1.165, 1.54) is 12.0 Å². The van der Waals surface area contributed by atoms with Crippen molar-refractivity contribution in [2.45, 2.75) is 26.2 Å². The molecule has 0 aliphatic heterocycles. The van der Waals surface area contributed by atoms with E-state index in [0.29, 0.717) is 5.92 Å². The summed E-state index contributed by atoms with van der Waals surface area (Å²) in [7, 11) is 0. The van der Waals surface area contributed by atoms with Crippen LogP contribution in [0.5, 0.6) is 0 Å². The summed E-state index contributed by atoms with van der Waals surface area (Å²) in [5.41, 5.74) is 2.57. The largest absolute Gasteiger partial charge is 0.316 e. The van der Waals surface area contributed by atoms with Gasteiger partial charge in [0, 0.05) is 16.4 Å². The molecule has 1 atom stereocenters. The average molecular weight is 347 g/mol. The highest BCUT2D eigenvalue weighted by Gasteiger charge is 2.11. The summed E-state index contributed by atoms with van der Waals surface area (Å²) in [6, 6.07) is 14.9. The molecular formula is C18H23BrN2. The van der Waals surface area contributed by atoms with Crippen LogP contribution in [0.3, 0.4) is 0 Å². The summed E-state index contributed by atoms with van der Waals surface area (Å²) in [4.78, 5) is 4.51. The quantitative estimate of drug-likeness (QED) is 0.723. The Kier molecular flexibility index (Phi) is 6.90. The molecule has 2 aromatic rings. The van der Waals surface area contributed by atoms with Gasteiger partial charge < -0.3 is 5.32 Å². The molecule has 1 N–H and O–H groups in total. The molecule has 1 heterocycles. The summed E-state index contributed by atoms with van der Waals surface area (Å²) < 4.78 is 1.04. The van der Waals surface area contributed by atoms with Gasteiger partial charge in [0.1, 0.15) is 0 Å². The second-order valence-electron chi connectivity index (χ2n) is 5.43. The molecule has 2 rings (SSSR count). The Morgan fingerprint density at radius 3 is 2.57 bits per heavy atom. The molecule has 0 amide bonds. The van der Waals surface area contributed by atoms with E-state index in [1.54, 1.807) is 0 Å². The number of pyridine rings is 1. The molecule has 1 unspecified atom stereocenters. The third-order valence-electron chi connectivity index (χ3n) is 3.51. The normalized spacial score (nSPS) is 12.3. The van der Waals surface area contributed by atoms with E-state index < -0.39 is 0 Å². The third-order valence-corrected chi connectivity index (χ3v) is 3.98. The Bertz CT molecular complexity index is 511. The number of hydrogen-bond acceptors (Lipinski definition) is 2. The van der Waals surface area contributed by atoms with Crippen molar-refractivity contribution >= 4 is 15.9 Å². The van der Waals surface area contributed by atoms with Gasteiger partial charge in [-0.2, -0.15) is 0 Å². The molecular weight excluding hydrogens is 324 g/mol. The fourth-order valence-electron chi connectivity index (χ4n) is 2.47. The van der Waals surface area contributed by atoms with Crippen LogP contribution in [0.15, 0.2) is 53.1 Å². The maximum atomic E-state index is 4.51. The first-order valence-electron chi connectivity index (χ1n) is 7.63. The van der Waals surface area contributed by atoms with Crippen LogP contribution in [-0.2, 0) is 12.8 Å². The lowest BCUT2D eigenvalue weighted by atomic mass is 9.94. The summed E-state index contributed by atoms with van der Waals surface area (Å²) in [6.45, 7) is 4.33. The van der Waals surface area contributed by atoms with Crippen LogP contribution in [0.25, 0.3) is 0 Å². The Balaban J connectivity index is 1.99. The first-order chi connectivity index (χ1) is 10.3. The van der Waals surface area contributed by atoms with Crippen molar-refractivity contribution in [2.75, 3.05) is 13.1 Å². The van der Waals surface area contributed by atoms with Gasteiger partial charge in [-0.3, -0.25) is 4.98 Å². The molecule has 0 aliphatic carbocycles. The Labute approximate surface area is 136 Å². The minimum Gasteiger partial charge on any atom is -0.316 e. The van der Waals surface area contributed by atoms with Gasteiger partial charge in [-0.05, 0) is 71.9 Å². The smallest absolute Gasteiger partial charge is 0.0413 e. The van der Waals surface area contributed by atoms with Crippen molar-refractivity contribution in [1.29, 1.82) is 0 Å². The molecule has 3 heteroatoms. The maximum Gasteiger partial charge on any atom is 0.0413 e. The second-order valence-corrected chi connectivity index (χ2v) is 6.35. The summed E-state index contributed by atoms with van der Waals surface area (Å²) >= 11 is 3.44. The van der Waals surface area contributed by atoms with E-state index in [4.69, 9.17) is 0 Å². The maximum absolute atomic E-state index is 4.51. The van der Waals surface area contributed by atoms with Crippen LogP contribution in [0, 0.1) is 5.92 Å². The highest BCUT2D eigenvalue weighted by atomic mass is 79.9. The van der Waals surface area contributed by atoms with Crippen LogP contribution in [-0.4, -0.2) is 18.1 Å². The molecule has 0 saturated heterocycles. The number of halogens is 1. The topological polar surface area (TPSA) is 24.9 Å². The van der Waals surface area contributed by atoms with E-state index in [0.717, 1.165) is 36.1 Å². The molecule has 21 heavy (non-hydrogen) atoms. The average Bonchev–Trinajstić information content (AvgIpc) is 2.51. The standard InChI is InChI=1S/C18H23BrN2/c1-2-10-20-13-16(11-15-6-4-3-5-7-15)12-18-9-8-17(19)14-21-18/h3-9,14,16,20H,2,10-13H2,1H3. The van der Waals surface area contributed by atoms with Gasteiger partial charge in [-0.25, -0.2) is 0 Å². The summed E-state index contributed by atoms with van der Waals surface area (Å²) in [5, 5.41) is 3.55. The SMILES string of the molecule is CCCNCC(Cc1ccccc1)Cc1ccc(Br)cn1.